The molecule has 0 saturated carbocycles. The predicted molar refractivity (Wildman–Crippen MR) is 84.0 cm³/mol. The van der Waals surface area contributed by atoms with E-state index in [9.17, 15) is 9.90 Å². The van der Waals surface area contributed by atoms with Gasteiger partial charge in [0.05, 0.1) is 11.2 Å². The van der Waals surface area contributed by atoms with Crippen LogP contribution in [0.3, 0.4) is 0 Å². The lowest BCUT2D eigenvalue weighted by atomic mass is 9.94. The highest BCUT2D eigenvalue weighted by Crippen LogP contribution is 2.36. The van der Waals surface area contributed by atoms with E-state index in [1.807, 2.05) is 24.3 Å². The predicted octanol–water partition coefficient (Wildman–Crippen LogP) is 3.70. The number of aromatic carboxylic acids is 1. The summed E-state index contributed by atoms with van der Waals surface area (Å²) in [4.78, 5) is 18.2. The fraction of sp³-hybridized carbons (Fsp3) is 0.412. The highest BCUT2D eigenvalue weighted by atomic mass is 16.4. The summed E-state index contributed by atoms with van der Waals surface area (Å²) in [5.74, 6) is -0.909. The number of aromatic nitrogens is 1. The molecule has 1 aromatic heterocycles. The van der Waals surface area contributed by atoms with E-state index in [1.54, 1.807) is 0 Å². The van der Waals surface area contributed by atoms with Crippen molar-refractivity contribution in [2.24, 2.45) is 0 Å². The molecule has 4 heteroatoms. The number of pyridine rings is 1. The lowest BCUT2D eigenvalue weighted by Gasteiger charge is -2.42. The first-order chi connectivity index (χ1) is 10.1. The molecule has 2 atom stereocenters. The molecule has 1 N–H and O–H groups in total. The van der Waals surface area contributed by atoms with Crippen molar-refractivity contribution in [1.29, 1.82) is 0 Å². The quantitative estimate of drug-likeness (QED) is 0.913. The van der Waals surface area contributed by atoms with Gasteiger partial charge in [0.2, 0.25) is 0 Å². The maximum atomic E-state index is 11.7. The van der Waals surface area contributed by atoms with Crippen LogP contribution in [0.1, 0.15) is 43.5 Å². The van der Waals surface area contributed by atoms with Gasteiger partial charge in [0.1, 0.15) is 5.56 Å². The summed E-state index contributed by atoms with van der Waals surface area (Å²) in [6.07, 6.45) is 4.89. The van der Waals surface area contributed by atoms with Crippen LogP contribution in [0.2, 0.25) is 0 Å². The Balaban J connectivity index is 2.27. The van der Waals surface area contributed by atoms with Crippen molar-refractivity contribution in [2.75, 3.05) is 4.90 Å². The van der Waals surface area contributed by atoms with Crippen molar-refractivity contribution in [1.82, 2.24) is 4.98 Å². The van der Waals surface area contributed by atoms with E-state index in [4.69, 9.17) is 0 Å². The molecule has 2 heterocycles. The third-order valence-corrected chi connectivity index (χ3v) is 4.43. The lowest BCUT2D eigenvalue weighted by Crippen LogP contribution is -2.44. The number of fused-ring (bicyclic) bond motifs is 1. The second-order valence-corrected chi connectivity index (χ2v) is 5.88. The molecule has 1 aliphatic heterocycles. The molecular weight excluding hydrogens is 264 g/mol. The van der Waals surface area contributed by atoms with E-state index >= 15 is 0 Å². The molecule has 110 valence electrons. The van der Waals surface area contributed by atoms with E-state index in [1.165, 1.54) is 12.6 Å². The van der Waals surface area contributed by atoms with Crippen molar-refractivity contribution in [3.05, 3.63) is 36.0 Å². The number of para-hydroxylation sites is 1. The minimum atomic E-state index is -0.909. The Bertz CT molecular complexity index is 674. The average molecular weight is 284 g/mol. The first-order valence-corrected chi connectivity index (χ1v) is 7.49. The molecule has 0 amide bonds. The summed E-state index contributed by atoms with van der Waals surface area (Å²) >= 11 is 0. The number of hydrogen-bond acceptors (Lipinski definition) is 3. The van der Waals surface area contributed by atoms with Crippen molar-refractivity contribution >= 4 is 22.6 Å². The van der Waals surface area contributed by atoms with Crippen LogP contribution in [0.25, 0.3) is 10.9 Å². The maximum Gasteiger partial charge on any atom is 0.339 e. The number of carboxylic acid groups (broad SMARTS) is 1. The average Bonchev–Trinajstić information content (AvgIpc) is 2.46. The third kappa shape index (κ3) is 2.35. The Morgan fingerprint density at radius 1 is 1.24 bits per heavy atom. The van der Waals surface area contributed by atoms with Crippen LogP contribution in [0.4, 0.5) is 5.69 Å². The summed E-state index contributed by atoms with van der Waals surface area (Å²) in [5, 5.41) is 10.5. The van der Waals surface area contributed by atoms with Gasteiger partial charge in [-0.1, -0.05) is 18.2 Å². The van der Waals surface area contributed by atoms with Crippen LogP contribution < -0.4 is 4.90 Å². The minimum absolute atomic E-state index is 0.300. The van der Waals surface area contributed by atoms with E-state index < -0.39 is 5.97 Å². The summed E-state index contributed by atoms with van der Waals surface area (Å²) in [6, 6.07) is 8.47. The number of piperidine rings is 1. The Kier molecular flexibility index (Phi) is 3.53. The molecule has 1 fully saturated rings. The summed E-state index contributed by atoms with van der Waals surface area (Å²) in [5.41, 5.74) is 1.98. The molecule has 0 aliphatic carbocycles. The van der Waals surface area contributed by atoms with E-state index in [-0.39, 0.29) is 0 Å². The van der Waals surface area contributed by atoms with Crippen LogP contribution in [-0.2, 0) is 0 Å². The molecule has 0 spiro atoms. The SMILES string of the molecule is CC1CCCC(C)N1c1c(C(=O)O)cnc2ccccc12. The first-order valence-electron chi connectivity index (χ1n) is 7.49. The Morgan fingerprint density at radius 2 is 1.90 bits per heavy atom. The van der Waals surface area contributed by atoms with Crippen molar-refractivity contribution < 1.29 is 9.90 Å². The molecule has 21 heavy (non-hydrogen) atoms. The Morgan fingerprint density at radius 3 is 2.57 bits per heavy atom. The van der Waals surface area contributed by atoms with Crippen LogP contribution in [-0.4, -0.2) is 28.1 Å². The summed E-state index contributed by atoms with van der Waals surface area (Å²) < 4.78 is 0. The van der Waals surface area contributed by atoms with Gasteiger partial charge in [0.15, 0.2) is 0 Å². The Labute approximate surface area is 124 Å². The molecule has 0 bridgehead atoms. The van der Waals surface area contributed by atoms with Gasteiger partial charge < -0.3 is 10.0 Å². The zero-order valence-corrected chi connectivity index (χ0v) is 12.4. The van der Waals surface area contributed by atoms with Gasteiger partial charge in [-0.25, -0.2) is 4.79 Å². The van der Waals surface area contributed by atoms with E-state index in [0.29, 0.717) is 17.6 Å². The van der Waals surface area contributed by atoms with Crippen molar-refractivity contribution in [3.8, 4) is 0 Å². The first kappa shape index (κ1) is 13.9. The molecule has 3 rings (SSSR count). The molecule has 2 aromatic rings. The fourth-order valence-electron chi connectivity index (χ4n) is 3.42. The molecule has 2 unspecified atom stereocenters. The van der Waals surface area contributed by atoms with Gasteiger partial charge in [-0.15, -0.1) is 0 Å². The van der Waals surface area contributed by atoms with Gasteiger partial charge in [-0.3, -0.25) is 4.98 Å². The highest BCUT2D eigenvalue weighted by molar-refractivity contribution is 6.04. The lowest BCUT2D eigenvalue weighted by molar-refractivity contribution is 0.0697. The second-order valence-electron chi connectivity index (χ2n) is 5.88. The smallest absolute Gasteiger partial charge is 0.339 e. The van der Waals surface area contributed by atoms with Gasteiger partial charge in [0, 0.05) is 23.7 Å². The molecular formula is C17H20N2O2. The zero-order chi connectivity index (χ0) is 15.0. The van der Waals surface area contributed by atoms with Gasteiger partial charge in [-0.2, -0.15) is 0 Å². The van der Waals surface area contributed by atoms with Gasteiger partial charge in [0.25, 0.3) is 0 Å². The van der Waals surface area contributed by atoms with Crippen LogP contribution in [0.15, 0.2) is 30.5 Å². The monoisotopic (exact) mass is 284 g/mol. The fourth-order valence-corrected chi connectivity index (χ4v) is 3.42. The molecule has 4 nitrogen and oxygen atoms in total. The summed E-state index contributed by atoms with van der Waals surface area (Å²) in [6.45, 7) is 4.35. The van der Waals surface area contributed by atoms with E-state index in [0.717, 1.165) is 29.4 Å². The van der Waals surface area contributed by atoms with Gasteiger partial charge in [-0.05, 0) is 39.2 Å². The number of nitrogens with zero attached hydrogens (tertiary/aromatic N) is 2. The van der Waals surface area contributed by atoms with Crippen LogP contribution >= 0.6 is 0 Å². The largest absolute Gasteiger partial charge is 0.478 e. The number of carbonyl (C=O) groups is 1. The van der Waals surface area contributed by atoms with E-state index in [2.05, 4.69) is 23.7 Å². The third-order valence-electron chi connectivity index (χ3n) is 4.43. The maximum absolute atomic E-state index is 11.7. The molecule has 1 aliphatic rings. The number of benzene rings is 1. The van der Waals surface area contributed by atoms with Crippen molar-refractivity contribution in [2.45, 2.75) is 45.2 Å². The van der Waals surface area contributed by atoms with Crippen molar-refractivity contribution in [3.63, 3.8) is 0 Å². The topological polar surface area (TPSA) is 53.4 Å². The molecule has 1 saturated heterocycles. The van der Waals surface area contributed by atoms with Crippen LogP contribution in [0, 0.1) is 0 Å². The van der Waals surface area contributed by atoms with Gasteiger partial charge >= 0.3 is 5.97 Å². The Hall–Kier alpha value is -2.10. The number of anilines is 1. The highest BCUT2D eigenvalue weighted by Gasteiger charge is 2.29. The standard InChI is InChI=1S/C17H20N2O2/c1-11-6-5-7-12(2)19(11)16-13-8-3-4-9-15(13)18-10-14(16)17(20)21/h3-4,8-12H,5-7H2,1-2H3,(H,20,21). The van der Waals surface area contributed by atoms with Crippen LogP contribution in [0.5, 0.6) is 0 Å². The second kappa shape index (κ2) is 5.35. The summed E-state index contributed by atoms with van der Waals surface area (Å²) in [7, 11) is 0. The molecule has 1 aromatic carbocycles. The number of carboxylic acids is 1. The zero-order valence-electron chi connectivity index (χ0n) is 12.4. The number of rotatable bonds is 2. The minimum Gasteiger partial charge on any atom is -0.478 e. The normalized spacial score (nSPS) is 22.5. The molecule has 0 radical (unpaired) electrons. The number of hydrogen-bond donors (Lipinski definition) is 1.